The molecule has 0 spiro atoms. The molecule has 1 aliphatic heterocycles. The number of nitrogens with zero attached hydrogens (tertiary/aromatic N) is 2. The molecule has 0 amide bonds. The Kier molecular flexibility index (Phi) is 7.16. The molecular formula is C14H26F3N3. The highest BCUT2D eigenvalue weighted by Gasteiger charge is 2.25. The molecule has 0 aromatic heterocycles. The smallest absolute Gasteiger partial charge is 0.357 e. The maximum absolute atomic E-state index is 12.0. The van der Waals surface area contributed by atoms with E-state index in [9.17, 15) is 13.2 Å². The molecule has 1 N–H and O–H groups in total. The SMILES string of the molecule is CCNC(=NCCCCC(F)(F)F)N1CCCC(C)C1. The van der Waals surface area contributed by atoms with Crippen molar-refractivity contribution >= 4 is 5.96 Å². The standard InChI is InChI=1S/C14H26F3N3/c1-3-18-13(20-10-6-7-12(2)11-20)19-9-5-4-8-14(15,16)17/h12H,3-11H2,1-2H3,(H,18,19). The first-order valence-electron chi connectivity index (χ1n) is 7.52. The summed E-state index contributed by atoms with van der Waals surface area (Å²) in [6.07, 6.45) is -1.72. The van der Waals surface area contributed by atoms with E-state index in [1.54, 1.807) is 0 Å². The first kappa shape index (κ1) is 17.1. The highest BCUT2D eigenvalue weighted by atomic mass is 19.4. The number of halogens is 3. The second-order valence-corrected chi connectivity index (χ2v) is 5.50. The minimum absolute atomic E-state index is 0.156. The van der Waals surface area contributed by atoms with Gasteiger partial charge in [0.05, 0.1) is 0 Å². The number of hydrogen-bond acceptors (Lipinski definition) is 1. The molecule has 0 bridgehead atoms. The number of likely N-dealkylation sites (tertiary alicyclic amines) is 1. The van der Waals surface area contributed by atoms with E-state index in [0.717, 1.165) is 32.0 Å². The number of hydrogen-bond donors (Lipinski definition) is 1. The van der Waals surface area contributed by atoms with Crippen LogP contribution in [-0.2, 0) is 0 Å². The van der Waals surface area contributed by atoms with Crippen LogP contribution in [0.15, 0.2) is 4.99 Å². The maximum atomic E-state index is 12.0. The molecule has 1 unspecified atom stereocenters. The first-order valence-corrected chi connectivity index (χ1v) is 7.52. The van der Waals surface area contributed by atoms with Crippen LogP contribution in [0.2, 0.25) is 0 Å². The van der Waals surface area contributed by atoms with Crippen LogP contribution in [0.1, 0.15) is 46.0 Å². The van der Waals surface area contributed by atoms with Crippen molar-refractivity contribution in [2.24, 2.45) is 10.9 Å². The molecule has 0 radical (unpaired) electrons. The van der Waals surface area contributed by atoms with Crippen molar-refractivity contribution in [3.63, 3.8) is 0 Å². The fourth-order valence-corrected chi connectivity index (χ4v) is 2.43. The van der Waals surface area contributed by atoms with Gasteiger partial charge in [-0.05, 0) is 38.5 Å². The lowest BCUT2D eigenvalue weighted by Gasteiger charge is -2.33. The number of unbranched alkanes of at least 4 members (excludes halogenated alkanes) is 1. The average molecular weight is 293 g/mol. The Morgan fingerprint density at radius 3 is 2.70 bits per heavy atom. The van der Waals surface area contributed by atoms with Crippen molar-refractivity contribution in [1.82, 2.24) is 10.2 Å². The molecule has 20 heavy (non-hydrogen) atoms. The van der Waals surface area contributed by atoms with E-state index >= 15 is 0 Å². The summed E-state index contributed by atoms with van der Waals surface area (Å²) in [5, 5.41) is 3.23. The summed E-state index contributed by atoms with van der Waals surface area (Å²) in [6, 6.07) is 0. The van der Waals surface area contributed by atoms with Gasteiger partial charge in [0.25, 0.3) is 0 Å². The minimum atomic E-state index is -4.05. The van der Waals surface area contributed by atoms with Crippen LogP contribution in [0.4, 0.5) is 13.2 Å². The van der Waals surface area contributed by atoms with Crippen LogP contribution in [-0.4, -0.2) is 43.2 Å². The van der Waals surface area contributed by atoms with Gasteiger partial charge in [-0.3, -0.25) is 4.99 Å². The Bertz CT molecular complexity index is 303. The molecule has 1 heterocycles. The lowest BCUT2D eigenvalue weighted by Crippen LogP contribution is -2.46. The van der Waals surface area contributed by atoms with Crippen LogP contribution in [0.25, 0.3) is 0 Å². The van der Waals surface area contributed by atoms with Crippen molar-refractivity contribution in [2.45, 2.75) is 52.1 Å². The van der Waals surface area contributed by atoms with Gasteiger partial charge in [0, 0.05) is 32.6 Å². The Hall–Kier alpha value is -0.940. The van der Waals surface area contributed by atoms with Crippen molar-refractivity contribution in [2.75, 3.05) is 26.2 Å². The highest BCUT2D eigenvalue weighted by Crippen LogP contribution is 2.22. The number of guanidine groups is 1. The van der Waals surface area contributed by atoms with Gasteiger partial charge < -0.3 is 10.2 Å². The number of aliphatic imine (C=N–C) groups is 1. The predicted molar refractivity (Wildman–Crippen MR) is 75.9 cm³/mol. The molecule has 3 nitrogen and oxygen atoms in total. The topological polar surface area (TPSA) is 27.6 Å². The molecule has 0 aromatic carbocycles. The molecular weight excluding hydrogens is 267 g/mol. The van der Waals surface area contributed by atoms with Gasteiger partial charge in [0.1, 0.15) is 0 Å². The minimum Gasteiger partial charge on any atom is -0.357 e. The van der Waals surface area contributed by atoms with Crippen LogP contribution in [0.5, 0.6) is 0 Å². The van der Waals surface area contributed by atoms with Gasteiger partial charge in [0.2, 0.25) is 0 Å². The molecule has 0 saturated carbocycles. The van der Waals surface area contributed by atoms with Gasteiger partial charge >= 0.3 is 6.18 Å². The molecule has 1 atom stereocenters. The summed E-state index contributed by atoms with van der Waals surface area (Å²) in [6.45, 7) is 7.44. The molecule has 6 heteroatoms. The fraction of sp³-hybridized carbons (Fsp3) is 0.929. The third-order valence-electron chi connectivity index (χ3n) is 3.42. The second-order valence-electron chi connectivity index (χ2n) is 5.50. The third kappa shape index (κ3) is 7.01. The second kappa shape index (κ2) is 8.37. The van der Waals surface area contributed by atoms with E-state index in [2.05, 4.69) is 22.1 Å². The fourth-order valence-electron chi connectivity index (χ4n) is 2.43. The van der Waals surface area contributed by atoms with Crippen LogP contribution >= 0.6 is 0 Å². The van der Waals surface area contributed by atoms with E-state index in [-0.39, 0.29) is 6.42 Å². The van der Waals surface area contributed by atoms with Gasteiger partial charge in [-0.15, -0.1) is 0 Å². The number of rotatable bonds is 5. The van der Waals surface area contributed by atoms with E-state index in [1.807, 2.05) is 6.92 Å². The van der Waals surface area contributed by atoms with Crippen molar-refractivity contribution in [3.05, 3.63) is 0 Å². The Morgan fingerprint density at radius 2 is 2.10 bits per heavy atom. The predicted octanol–water partition coefficient (Wildman–Crippen LogP) is 3.42. The highest BCUT2D eigenvalue weighted by molar-refractivity contribution is 5.80. The van der Waals surface area contributed by atoms with Gasteiger partial charge in [-0.2, -0.15) is 13.2 Å². The Balaban J connectivity index is 2.38. The molecule has 1 rings (SSSR count). The monoisotopic (exact) mass is 293 g/mol. The largest absolute Gasteiger partial charge is 0.389 e. The summed E-state index contributed by atoms with van der Waals surface area (Å²) >= 11 is 0. The van der Waals surface area contributed by atoms with E-state index in [4.69, 9.17) is 0 Å². The third-order valence-corrected chi connectivity index (χ3v) is 3.42. The van der Waals surface area contributed by atoms with Gasteiger partial charge in [-0.1, -0.05) is 6.92 Å². The molecule has 1 fully saturated rings. The molecule has 0 aliphatic carbocycles. The van der Waals surface area contributed by atoms with Crippen molar-refractivity contribution in [1.29, 1.82) is 0 Å². The van der Waals surface area contributed by atoms with Gasteiger partial charge in [-0.25, -0.2) is 0 Å². The Morgan fingerprint density at radius 1 is 1.35 bits per heavy atom. The number of nitrogens with one attached hydrogen (secondary N) is 1. The zero-order valence-electron chi connectivity index (χ0n) is 12.5. The first-order chi connectivity index (χ1) is 9.42. The van der Waals surface area contributed by atoms with Crippen LogP contribution in [0, 0.1) is 5.92 Å². The number of piperidine rings is 1. The zero-order valence-corrected chi connectivity index (χ0v) is 12.5. The summed E-state index contributed by atoms with van der Waals surface area (Å²) < 4.78 is 36.1. The lowest BCUT2D eigenvalue weighted by atomic mass is 10.0. The number of alkyl halides is 3. The summed E-state index contributed by atoms with van der Waals surface area (Å²) in [7, 11) is 0. The maximum Gasteiger partial charge on any atom is 0.389 e. The van der Waals surface area contributed by atoms with Gasteiger partial charge in [0.15, 0.2) is 5.96 Å². The zero-order chi connectivity index (χ0) is 15.0. The van der Waals surface area contributed by atoms with E-state index in [1.165, 1.54) is 6.42 Å². The summed E-state index contributed by atoms with van der Waals surface area (Å²) in [5.41, 5.74) is 0. The quantitative estimate of drug-likeness (QED) is 0.478. The van der Waals surface area contributed by atoms with E-state index < -0.39 is 12.6 Å². The van der Waals surface area contributed by atoms with Crippen LogP contribution < -0.4 is 5.32 Å². The van der Waals surface area contributed by atoms with Crippen molar-refractivity contribution < 1.29 is 13.2 Å². The molecule has 0 aromatic rings. The molecule has 1 aliphatic rings. The summed E-state index contributed by atoms with van der Waals surface area (Å²) in [5.74, 6) is 1.50. The average Bonchev–Trinajstić information content (AvgIpc) is 2.36. The molecule has 1 saturated heterocycles. The molecule has 118 valence electrons. The lowest BCUT2D eigenvalue weighted by molar-refractivity contribution is -0.135. The van der Waals surface area contributed by atoms with Crippen molar-refractivity contribution in [3.8, 4) is 0 Å². The summed E-state index contributed by atoms with van der Waals surface area (Å²) in [4.78, 5) is 6.68. The van der Waals surface area contributed by atoms with E-state index in [0.29, 0.717) is 18.9 Å². The van der Waals surface area contributed by atoms with Crippen LogP contribution in [0.3, 0.4) is 0 Å². The normalized spacial score (nSPS) is 21.1. The Labute approximate surface area is 119 Å².